The topological polar surface area (TPSA) is 0 Å². The van der Waals surface area contributed by atoms with Gasteiger partial charge in [0.1, 0.15) is 0 Å². The summed E-state index contributed by atoms with van der Waals surface area (Å²) in [5.41, 5.74) is 7.33. The Morgan fingerprint density at radius 3 is 2.25 bits per heavy atom. The monoisotopic (exact) mass is 204 g/mol. The van der Waals surface area contributed by atoms with Gasteiger partial charge < -0.3 is 0 Å². The first-order valence-electron chi connectivity index (χ1n) is 5.37. The maximum atomic E-state index is 4.17. The lowest BCUT2D eigenvalue weighted by atomic mass is 10.0. The van der Waals surface area contributed by atoms with Gasteiger partial charge in [0.25, 0.3) is 0 Å². The van der Waals surface area contributed by atoms with E-state index in [1.165, 1.54) is 22.3 Å². The second-order valence-corrected chi connectivity index (χ2v) is 4.03. The third-order valence-corrected chi connectivity index (χ3v) is 3.15. The van der Waals surface area contributed by atoms with E-state index in [0.717, 1.165) is 11.1 Å². The van der Waals surface area contributed by atoms with Crippen LogP contribution in [0.3, 0.4) is 0 Å². The molecule has 0 aliphatic heterocycles. The molecule has 0 amide bonds. The fourth-order valence-electron chi connectivity index (χ4n) is 2.30. The van der Waals surface area contributed by atoms with Crippen LogP contribution in [0.1, 0.15) is 16.7 Å². The first-order chi connectivity index (χ1) is 7.81. The Morgan fingerprint density at radius 2 is 1.50 bits per heavy atom. The molecule has 0 heteroatoms. The van der Waals surface area contributed by atoms with Crippen molar-refractivity contribution in [2.24, 2.45) is 0 Å². The van der Waals surface area contributed by atoms with Crippen molar-refractivity contribution in [1.29, 1.82) is 0 Å². The first kappa shape index (κ1) is 9.17. The summed E-state index contributed by atoms with van der Waals surface area (Å²) in [5, 5.41) is 0. The van der Waals surface area contributed by atoms with Gasteiger partial charge in [0.2, 0.25) is 0 Å². The number of fused-ring (bicyclic) bond motifs is 3. The number of hydrogen-bond donors (Lipinski definition) is 0. The average Bonchev–Trinajstić information content (AvgIpc) is 2.64. The molecule has 1 aliphatic carbocycles. The van der Waals surface area contributed by atoms with Crippen molar-refractivity contribution in [2.75, 3.05) is 0 Å². The van der Waals surface area contributed by atoms with Crippen LogP contribution in [0.4, 0.5) is 0 Å². The molecule has 0 unspecified atom stereocenters. The van der Waals surface area contributed by atoms with Crippen molar-refractivity contribution in [1.82, 2.24) is 0 Å². The molecule has 76 valence electrons. The van der Waals surface area contributed by atoms with Crippen LogP contribution in [0.25, 0.3) is 22.8 Å². The van der Waals surface area contributed by atoms with E-state index in [2.05, 4.69) is 55.6 Å². The smallest absolute Gasteiger partial charge is 0.00932 e. The molecule has 0 N–H and O–H groups in total. The predicted octanol–water partition coefficient (Wildman–Crippen LogP) is 4.37. The standard InChI is InChI=1S/C16H12/c1-3-12-8-9-14-11(2)13-6-4-5-7-15(13)16(14)10-12/h3-10H,1-2H2. The van der Waals surface area contributed by atoms with E-state index in [-0.39, 0.29) is 0 Å². The molecule has 3 rings (SSSR count). The van der Waals surface area contributed by atoms with Crippen molar-refractivity contribution in [2.45, 2.75) is 0 Å². The highest BCUT2D eigenvalue weighted by Crippen LogP contribution is 2.43. The van der Waals surface area contributed by atoms with E-state index in [1.54, 1.807) is 0 Å². The Kier molecular flexibility index (Phi) is 1.84. The zero-order chi connectivity index (χ0) is 11.1. The van der Waals surface area contributed by atoms with Crippen LogP contribution in [-0.2, 0) is 0 Å². The highest BCUT2D eigenvalue weighted by atomic mass is 14.2. The molecule has 1 aliphatic rings. The summed E-state index contributed by atoms with van der Waals surface area (Å²) in [6.45, 7) is 7.98. The molecule has 0 fully saturated rings. The molecule has 0 radical (unpaired) electrons. The van der Waals surface area contributed by atoms with Gasteiger partial charge in [0.05, 0.1) is 0 Å². The van der Waals surface area contributed by atoms with Gasteiger partial charge in [-0.15, -0.1) is 0 Å². The molecular weight excluding hydrogens is 192 g/mol. The Labute approximate surface area is 95.6 Å². The third-order valence-electron chi connectivity index (χ3n) is 3.15. The van der Waals surface area contributed by atoms with Crippen molar-refractivity contribution in [3.8, 4) is 11.1 Å². The van der Waals surface area contributed by atoms with Crippen molar-refractivity contribution in [3.05, 3.63) is 72.3 Å². The van der Waals surface area contributed by atoms with Gasteiger partial charge in [-0.2, -0.15) is 0 Å². The number of hydrogen-bond acceptors (Lipinski definition) is 0. The maximum Gasteiger partial charge on any atom is -0.00932 e. The summed E-state index contributed by atoms with van der Waals surface area (Å²) in [4.78, 5) is 0. The fraction of sp³-hybridized carbons (Fsp3) is 0. The third kappa shape index (κ3) is 1.10. The molecule has 0 saturated heterocycles. The van der Waals surface area contributed by atoms with Crippen LogP contribution >= 0.6 is 0 Å². The predicted molar refractivity (Wildman–Crippen MR) is 70.1 cm³/mol. The molecule has 0 nitrogen and oxygen atoms in total. The minimum atomic E-state index is 1.13. The first-order valence-corrected chi connectivity index (χ1v) is 5.37. The van der Waals surface area contributed by atoms with Crippen LogP contribution in [0.15, 0.2) is 55.6 Å². The molecule has 2 aromatic carbocycles. The largest absolute Gasteiger partial charge is 0.0985 e. The van der Waals surface area contributed by atoms with Crippen molar-refractivity contribution in [3.63, 3.8) is 0 Å². The normalized spacial score (nSPS) is 12.1. The highest BCUT2D eigenvalue weighted by molar-refractivity contribution is 6.00. The molecule has 0 spiro atoms. The van der Waals surface area contributed by atoms with Crippen LogP contribution in [0, 0.1) is 0 Å². The maximum absolute atomic E-state index is 4.17. The molecule has 16 heavy (non-hydrogen) atoms. The van der Waals surface area contributed by atoms with Crippen LogP contribution < -0.4 is 0 Å². The van der Waals surface area contributed by atoms with Gasteiger partial charge in [-0.25, -0.2) is 0 Å². The molecule has 0 bridgehead atoms. The molecule has 0 heterocycles. The quantitative estimate of drug-likeness (QED) is 0.552. The molecule has 0 atom stereocenters. The molecule has 0 saturated carbocycles. The zero-order valence-corrected chi connectivity index (χ0v) is 9.03. The van der Waals surface area contributed by atoms with E-state index >= 15 is 0 Å². The van der Waals surface area contributed by atoms with Crippen molar-refractivity contribution < 1.29 is 0 Å². The van der Waals surface area contributed by atoms with E-state index in [4.69, 9.17) is 0 Å². The van der Waals surface area contributed by atoms with Gasteiger partial charge in [-0.1, -0.05) is 55.6 Å². The minimum absolute atomic E-state index is 1.13. The number of benzene rings is 2. The lowest BCUT2D eigenvalue weighted by molar-refractivity contribution is 1.62. The highest BCUT2D eigenvalue weighted by Gasteiger charge is 2.20. The molecule has 2 aromatic rings. The zero-order valence-electron chi connectivity index (χ0n) is 9.03. The van der Waals surface area contributed by atoms with Crippen molar-refractivity contribution >= 4 is 11.6 Å². The van der Waals surface area contributed by atoms with E-state index in [1.807, 2.05) is 6.08 Å². The lowest BCUT2D eigenvalue weighted by Gasteiger charge is -2.01. The minimum Gasteiger partial charge on any atom is -0.0985 e. The van der Waals surface area contributed by atoms with Gasteiger partial charge in [-0.05, 0) is 39.5 Å². The summed E-state index contributed by atoms with van der Waals surface area (Å²) in [7, 11) is 0. The van der Waals surface area contributed by atoms with Crippen LogP contribution in [0.2, 0.25) is 0 Å². The van der Waals surface area contributed by atoms with E-state index in [0.29, 0.717) is 0 Å². The summed E-state index contributed by atoms with van der Waals surface area (Å²) in [6.07, 6.45) is 1.88. The molecule has 0 aromatic heterocycles. The summed E-state index contributed by atoms with van der Waals surface area (Å²) in [6, 6.07) is 14.8. The average molecular weight is 204 g/mol. The second kappa shape index (κ2) is 3.21. The van der Waals surface area contributed by atoms with Crippen LogP contribution in [-0.4, -0.2) is 0 Å². The summed E-state index contributed by atoms with van der Waals surface area (Å²) >= 11 is 0. The fourth-order valence-corrected chi connectivity index (χ4v) is 2.30. The Balaban J connectivity index is 2.35. The SMILES string of the molecule is C=Cc1ccc2c(c1)-c1ccccc1C2=C. The Morgan fingerprint density at radius 1 is 0.812 bits per heavy atom. The summed E-state index contributed by atoms with van der Waals surface area (Å²) in [5.74, 6) is 0. The Hall–Kier alpha value is -2.08. The van der Waals surface area contributed by atoms with E-state index < -0.39 is 0 Å². The van der Waals surface area contributed by atoms with Gasteiger partial charge in [0, 0.05) is 0 Å². The van der Waals surface area contributed by atoms with E-state index in [9.17, 15) is 0 Å². The molecular formula is C16H12. The van der Waals surface area contributed by atoms with Gasteiger partial charge >= 0.3 is 0 Å². The van der Waals surface area contributed by atoms with Crippen LogP contribution in [0.5, 0.6) is 0 Å². The second-order valence-electron chi connectivity index (χ2n) is 4.03. The van der Waals surface area contributed by atoms with Gasteiger partial charge in [0.15, 0.2) is 0 Å². The lowest BCUT2D eigenvalue weighted by Crippen LogP contribution is -1.79. The number of rotatable bonds is 1. The summed E-state index contributed by atoms with van der Waals surface area (Å²) < 4.78 is 0. The van der Waals surface area contributed by atoms with Gasteiger partial charge in [-0.3, -0.25) is 0 Å². The Bertz CT molecular complexity index is 603.